The maximum atomic E-state index is 5.83. The summed E-state index contributed by atoms with van der Waals surface area (Å²) >= 11 is 11.3. The van der Waals surface area contributed by atoms with Crippen LogP contribution in [0.5, 0.6) is 0 Å². The first-order valence-electron chi connectivity index (χ1n) is 5.20. The Morgan fingerprint density at radius 1 is 1.33 bits per heavy atom. The van der Waals surface area contributed by atoms with Gasteiger partial charge in [-0.25, -0.2) is 0 Å². The highest BCUT2D eigenvalue weighted by atomic mass is 79.9. The number of hydrogen-bond acceptors (Lipinski definition) is 1. The molecular formula is C12H16BrClS. The van der Waals surface area contributed by atoms with Gasteiger partial charge in [-0.2, -0.15) is 0 Å². The standard InChI is InChI=1S/C12H16BrClS/c1-2-3-10(8-13)9-15-12-6-4-11(14)5-7-12/h4-7,10H,2-3,8-9H2,1H3. The summed E-state index contributed by atoms with van der Waals surface area (Å²) in [6.45, 7) is 2.24. The third kappa shape index (κ3) is 5.28. The van der Waals surface area contributed by atoms with Gasteiger partial charge in [-0.1, -0.05) is 40.9 Å². The summed E-state index contributed by atoms with van der Waals surface area (Å²) in [6.07, 6.45) is 2.56. The molecule has 1 rings (SSSR count). The van der Waals surface area contributed by atoms with E-state index in [1.54, 1.807) is 0 Å². The molecule has 0 saturated carbocycles. The summed E-state index contributed by atoms with van der Waals surface area (Å²) in [4.78, 5) is 1.31. The molecule has 84 valence electrons. The predicted octanol–water partition coefficient (Wildman–Crippen LogP) is 5.24. The average Bonchev–Trinajstić information content (AvgIpc) is 2.26. The molecule has 0 amide bonds. The minimum Gasteiger partial charge on any atom is -0.126 e. The molecule has 0 N–H and O–H groups in total. The molecule has 1 atom stereocenters. The molecule has 0 fully saturated rings. The lowest BCUT2D eigenvalue weighted by molar-refractivity contribution is 0.597. The topological polar surface area (TPSA) is 0 Å². The minimum absolute atomic E-state index is 0.774. The fourth-order valence-corrected chi connectivity index (χ4v) is 3.38. The van der Waals surface area contributed by atoms with E-state index in [0.29, 0.717) is 0 Å². The van der Waals surface area contributed by atoms with Gasteiger partial charge in [0.05, 0.1) is 0 Å². The Hall–Kier alpha value is 0.340. The van der Waals surface area contributed by atoms with Crippen molar-refractivity contribution >= 4 is 39.3 Å². The largest absolute Gasteiger partial charge is 0.126 e. The Kier molecular flexibility index (Phi) is 6.78. The molecular weight excluding hydrogens is 292 g/mol. The van der Waals surface area contributed by atoms with Crippen LogP contribution in [0, 0.1) is 5.92 Å². The second-order valence-corrected chi connectivity index (χ2v) is 5.75. The zero-order valence-corrected chi connectivity index (χ0v) is 12.0. The third-order valence-corrected chi connectivity index (χ3v) is 4.63. The first-order valence-corrected chi connectivity index (χ1v) is 7.69. The number of alkyl halides is 1. The van der Waals surface area contributed by atoms with Crippen molar-refractivity contribution in [2.45, 2.75) is 24.7 Å². The van der Waals surface area contributed by atoms with Crippen molar-refractivity contribution in [3.63, 3.8) is 0 Å². The van der Waals surface area contributed by atoms with Gasteiger partial charge in [0.1, 0.15) is 0 Å². The summed E-state index contributed by atoms with van der Waals surface area (Å²) in [5.74, 6) is 1.96. The predicted molar refractivity (Wildman–Crippen MR) is 74.4 cm³/mol. The highest BCUT2D eigenvalue weighted by molar-refractivity contribution is 9.09. The molecule has 1 aromatic carbocycles. The van der Waals surface area contributed by atoms with Crippen LogP contribution < -0.4 is 0 Å². The smallest absolute Gasteiger partial charge is 0.0406 e. The van der Waals surface area contributed by atoms with Crippen molar-refractivity contribution in [3.05, 3.63) is 29.3 Å². The van der Waals surface area contributed by atoms with Crippen LogP contribution in [0.4, 0.5) is 0 Å². The minimum atomic E-state index is 0.774. The Bertz CT molecular complexity index is 273. The lowest BCUT2D eigenvalue weighted by atomic mass is 10.1. The highest BCUT2D eigenvalue weighted by Crippen LogP contribution is 2.25. The molecule has 1 unspecified atom stereocenters. The van der Waals surface area contributed by atoms with Crippen LogP contribution in [0.15, 0.2) is 29.2 Å². The van der Waals surface area contributed by atoms with E-state index in [-0.39, 0.29) is 0 Å². The number of thioether (sulfide) groups is 1. The van der Waals surface area contributed by atoms with Gasteiger partial charge in [0.15, 0.2) is 0 Å². The fraction of sp³-hybridized carbons (Fsp3) is 0.500. The van der Waals surface area contributed by atoms with E-state index in [9.17, 15) is 0 Å². The van der Waals surface area contributed by atoms with Crippen molar-refractivity contribution in [2.75, 3.05) is 11.1 Å². The van der Waals surface area contributed by atoms with Crippen LogP contribution in [0.25, 0.3) is 0 Å². The van der Waals surface area contributed by atoms with E-state index in [2.05, 4.69) is 35.0 Å². The maximum absolute atomic E-state index is 5.83. The van der Waals surface area contributed by atoms with Gasteiger partial charge in [-0.05, 0) is 36.6 Å². The Morgan fingerprint density at radius 3 is 2.53 bits per heavy atom. The van der Waals surface area contributed by atoms with Crippen LogP contribution in [-0.4, -0.2) is 11.1 Å². The van der Waals surface area contributed by atoms with Crippen molar-refractivity contribution in [2.24, 2.45) is 5.92 Å². The van der Waals surface area contributed by atoms with Gasteiger partial charge >= 0.3 is 0 Å². The normalized spacial score (nSPS) is 12.7. The van der Waals surface area contributed by atoms with E-state index in [1.165, 1.54) is 23.5 Å². The van der Waals surface area contributed by atoms with E-state index in [4.69, 9.17) is 11.6 Å². The van der Waals surface area contributed by atoms with Crippen molar-refractivity contribution in [1.29, 1.82) is 0 Å². The number of rotatable bonds is 6. The molecule has 0 saturated heterocycles. The molecule has 0 spiro atoms. The van der Waals surface area contributed by atoms with E-state index in [1.807, 2.05) is 23.9 Å². The van der Waals surface area contributed by atoms with Gasteiger partial charge in [0, 0.05) is 21.0 Å². The average molecular weight is 308 g/mol. The molecule has 1 aromatic rings. The van der Waals surface area contributed by atoms with Crippen LogP contribution in [0.3, 0.4) is 0 Å². The van der Waals surface area contributed by atoms with Gasteiger partial charge in [-0.15, -0.1) is 11.8 Å². The third-order valence-electron chi connectivity index (χ3n) is 2.21. The van der Waals surface area contributed by atoms with Crippen molar-refractivity contribution in [1.82, 2.24) is 0 Å². The zero-order valence-electron chi connectivity index (χ0n) is 8.88. The molecule has 0 aliphatic rings. The van der Waals surface area contributed by atoms with Gasteiger partial charge < -0.3 is 0 Å². The Balaban J connectivity index is 2.38. The molecule has 0 radical (unpaired) electrons. The first kappa shape index (κ1) is 13.4. The lowest BCUT2D eigenvalue weighted by Crippen LogP contribution is -2.04. The maximum Gasteiger partial charge on any atom is 0.0406 e. The first-order chi connectivity index (χ1) is 7.26. The molecule has 0 aliphatic heterocycles. The molecule has 0 aromatic heterocycles. The van der Waals surface area contributed by atoms with Gasteiger partial charge in [-0.3, -0.25) is 0 Å². The van der Waals surface area contributed by atoms with E-state index < -0.39 is 0 Å². The van der Waals surface area contributed by atoms with E-state index in [0.717, 1.165) is 16.3 Å². The van der Waals surface area contributed by atoms with Crippen molar-refractivity contribution < 1.29 is 0 Å². The van der Waals surface area contributed by atoms with Crippen LogP contribution in [-0.2, 0) is 0 Å². The molecule has 3 heteroatoms. The Labute approximate surface area is 110 Å². The number of benzene rings is 1. The molecule has 15 heavy (non-hydrogen) atoms. The van der Waals surface area contributed by atoms with Crippen LogP contribution >= 0.6 is 39.3 Å². The highest BCUT2D eigenvalue weighted by Gasteiger charge is 2.06. The summed E-state index contributed by atoms with van der Waals surface area (Å²) in [5, 5.41) is 1.91. The Morgan fingerprint density at radius 2 is 2.00 bits per heavy atom. The summed E-state index contributed by atoms with van der Waals surface area (Å²) in [5.41, 5.74) is 0. The molecule has 0 aliphatic carbocycles. The van der Waals surface area contributed by atoms with Crippen LogP contribution in [0.1, 0.15) is 19.8 Å². The van der Waals surface area contributed by atoms with Gasteiger partial charge in [0.25, 0.3) is 0 Å². The second kappa shape index (κ2) is 7.59. The van der Waals surface area contributed by atoms with Crippen LogP contribution in [0.2, 0.25) is 5.02 Å². The lowest BCUT2D eigenvalue weighted by Gasteiger charge is -2.11. The summed E-state index contributed by atoms with van der Waals surface area (Å²) < 4.78 is 0. The number of hydrogen-bond donors (Lipinski definition) is 0. The SMILES string of the molecule is CCCC(CBr)CSc1ccc(Cl)cc1. The zero-order chi connectivity index (χ0) is 11.1. The van der Waals surface area contributed by atoms with Gasteiger partial charge in [0.2, 0.25) is 0 Å². The number of halogens is 2. The summed E-state index contributed by atoms with van der Waals surface area (Å²) in [6, 6.07) is 8.08. The fourth-order valence-electron chi connectivity index (χ4n) is 1.36. The van der Waals surface area contributed by atoms with E-state index >= 15 is 0 Å². The second-order valence-electron chi connectivity index (χ2n) is 3.57. The molecule has 0 bridgehead atoms. The molecule has 0 heterocycles. The van der Waals surface area contributed by atoms with Crippen molar-refractivity contribution in [3.8, 4) is 0 Å². The quantitative estimate of drug-likeness (QED) is 0.511. The summed E-state index contributed by atoms with van der Waals surface area (Å²) in [7, 11) is 0. The molecule has 0 nitrogen and oxygen atoms in total. The monoisotopic (exact) mass is 306 g/mol.